The number of amides is 2. The van der Waals surface area contributed by atoms with E-state index in [9.17, 15) is 23.2 Å². The van der Waals surface area contributed by atoms with E-state index in [0.717, 1.165) is 12.1 Å². The van der Waals surface area contributed by atoms with Gasteiger partial charge in [0, 0.05) is 18.8 Å². The third-order valence-corrected chi connectivity index (χ3v) is 3.70. The Morgan fingerprint density at radius 3 is 2.41 bits per heavy atom. The van der Waals surface area contributed by atoms with Crippen molar-refractivity contribution < 1.29 is 27.9 Å². The molecule has 0 fully saturated rings. The zero-order valence-electron chi connectivity index (χ0n) is 14.7. The molecule has 27 heavy (non-hydrogen) atoms. The van der Waals surface area contributed by atoms with Crippen LogP contribution >= 0.6 is 0 Å². The molecule has 142 valence electrons. The second-order valence-corrected chi connectivity index (χ2v) is 5.67. The summed E-state index contributed by atoms with van der Waals surface area (Å²) in [5.74, 6) is -4.09. The molecule has 0 aromatic heterocycles. The first kappa shape index (κ1) is 20.0. The number of hydrogen-bond donors (Lipinski definition) is 1. The molecule has 0 bridgehead atoms. The fourth-order valence-electron chi connectivity index (χ4n) is 2.26. The number of ether oxygens (including phenoxy) is 1. The zero-order chi connectivity index (χ0) is 20.0. The van der Waals surface area contributed by atoms with Gasteiger partial charge in [0.05, 0.1) is 5.56 Å². The van der Waals surface area contributed by atoms with Crippen molar-refractivity contribution in [2.24, 2.45) is 0 Å². The van der Waals surface area contributed by atoms with Gasteiger partial charge in [0.1, 0.15) is 18.2 Å². The number of nitrogens with zero attached hydrogens (tertiary/aromatic N) is 1. The lowest BCUT2D eigenvalue weighted by molar-refractivity contribution is -0.152. The van der Waals surface area contributed by atoms with Crippen molar-refractivity contribution in [3.63, 3.8) is 0 Å². The second kappa shape index (κ2) is 8.88. The van der Waals surface area contributed by atoms with Gasteiger partial charge in [-0.25, -0.2) is 8.78 Å². The molecule has 2 aromatic rings. The van der Waals surface area contributed by atoms with E-state index in [4.69, 9.17) is 4.74 Å². The SMILES string of the molecule is CC(OC(=O)CNC(=O)c1ccc(F)cc1F)C(=O)N(C)c1ccccc1. The number of carbonyl (C=O) groups is 3. The molecule has 1 unspecified atom stereocenters. The summed E-state index contributed by atoms with van der Waals surface area (Å²) in [7, 11) is 1.54. The van der Waals surface area contributed by atoms with Crippen LogP contribution in [0.3, 0.4) is 0 Å². The molecule has 0 saturated carbocycles. The van der Waals surface area contributed by atoms with Crippen molar-refractivity contribution in [3.8, 4) is 0 Å². The van der Waals surface area contributed by atoms with Crippen LogP contribution in [0.1, 0.15) is 17.3 Å². The highest BCUT2D eigenvalue weighted by atomic mass is 19.1. The molecule has 0 heterocycles. The Labute approximate surface area is 154 Å². The van der Waals surface area contributed by atoms with E-state index >= 15 is 0 Å². The van der Waals surface area contributed by atoms with Crippen molar-refractivity contribution >= 4 is 23.5 Å². The molecule has 2 amide bonds. The van der Waals surface area contributed by atoms with Crippen molar-refractivity contribution in [1.82, 2.24) is 5.32 Å². The van der Waals surface area contributed by atoms with Crippen molar-refractivity contribution in [1.29, 1.82) is 0 Å². The lowest BCUT2D eigenvalue weighted by Crippen LogP contribution is -2.40. The van der Waals surface area contributed by atoms with Crippen molar-refractivity contribution in [2.45, 2.75) is 13.0 Å². The van der Waals surface area contributed by atoms with E-state index in [1.54, 1.807) is 37.4 Å². The van der Waals surface area contributed by atoms with Crippen molar-refractivity contribution in [3.05, 3.63) is 65.7 Å². The summed E-state index contributed by atoms with van der Waals surface area (Å²) in [6.45, 7) is 0.837. The molecule has 0 aliphatic carbocycles. The fraction of sp³-hybridized carbons (Fsp3) is 0.211. The molecular formula is C19H18F2N2O4. The predicted octanol–water partition coefficient (Wildman–Crippen LogP) is 2.29. The predicted molar refractivity (Wildman–Crippen MR) is 94.1 cm³/mol. The summed E-state index contributed by atoms with van der Waals surface area (Å²) in [5.41, 5.74) is 0.225. The molecule has 0 aliphatic rings. The van der Waals surface area contributed by atoms with E-state index in [2.05, 4.69) is 5.32 Å². The highest BCUT2D eigenvalue weighted by molar-refractivity contribution is 5.98. The number of rotatable bonds is 6. The maximum atomic E-state index is 13.5. The first-order chi connectivity index (χ1) is 12.8. The zero-order valence-corrected chi connectivity index (χ0v) is 14.7. The summed E-state index contributed by atoms with van der Waals surface area (Å²) in [5, 5.41) is 2.16. The molecule has 2 rings (SSSR count). The number of esters is 1. The van der Waals surface area contributed by atoms with Crippen LogP contribution in [0, 0.1) is 11.6 Å². The van der Waals surface area contributed by atoms with E-state index in [1.165, 1.54) is 11.8 Å². The first-order valence-corrected chi connectivity index (χ1v) is 8.05. The van der Waals surface area contributed by atoms with Gasteiger partial charge in [0.15, 0.2) is 6.10 Å². The number of hydrogen-bond acceptors (Lipinski definition) is 4. The minimum absolute atomic E-state index is 0.405. The van der Waals surface area contributed by atoms with Gasteiger partial charge >= 0.3 is 5.97 Å². The van der Waals surface area contributed by atoms with Crippen LogP contribution in [0.15, 0.2) is 48.5 Å². The van der Waals surface area contributed by atoms with Gasteiger partial charge in [-0.15, -0.1) is 0 Å². The topological polar surface area (TPSA) is 75.7 Å². The second-order valence-electron chi connectivity index (χ2n) is 5.67. The molecule has 0 radical (unpaired) electrons. The van der Waals surface area contributed by atoms with Crippen LogP contribution in [0.5, 0.6) is 0 Å². The Morgan fingerprint density at radius 2 is 1.78 bits per heavy atom. The molecule has 1 atom stereocenters. The fourth-order valence-corrected chi connectivity index (χ4v) is 2.26. The molecule has 6 nitrogen and oxygen atoms in total. The van der Waals surface area contributed by atoms with Gasteiger partial charge in [0.25, 0.3) is 11.8 Å². The largest absolute Gasteiger partial charge is 0.451 e. The highest BCUT2D eigenvalue weighted by Crippen LogP contribution is 2.13. The number of nitrogens with one attached hydrogen (secondary N) is 1. The van der Waals surface area contributed by atoms with E-state index in [1.807, 2.05) is 0 Å². The summed E-state index contributed by atoms with van der Waals surface area (Å²) in [6, 6.07) is 11.2. The molecule has 0 spiro atoms. The van der Waals surface area contributed by atoms with Gasteiger partial charge in [-0.1, -0.05) is 18.2 Å². The number of benzene rings is 2. The number of halogens is 2. The Morgan fingerprint density at radius 1 is 1.11 bits per heavy atom. The van der Waals surface area contributed by atoms with Gasteiger partial charge in [-0.05, 0) is 31.2 Å². The Bertz CT molecular complexity index is 843. The Balaban J connectivity index is 1.87. The van der Waals surface area contributed by atoms with Crippen LogP contribution in [-0.4, -0.2) is 37.5 Å². The molecule has 0 saturated heterocycles. The maximum absolute atomic E-state index is 13.5. The molecule has 2 aromatic carbocycles. The van der Waals surface area contributed by atoms with E-state index < -0.39 is 47.6 Å². The quantitative estimate of drug-likeness (QED) is 0.785. The number of para-hydroxylation sites is 1. The van der Waals surface area contributed by atoms with Crippen LogP contribution in [-0.2, 0) is 14.3 Å². The third-order valence-electron chi connectivity index (χ3n) is 3.70. The highest BCUT2D eigenvalue weighted by Gasteiger charge is 2.23. The van der Waals surface area contributed by atoms with E-state index in [0.29, 0.717) is 11.8 Å². The van der Waals surface area contributed by atoms with Crippen molar-refractivity contribution in [2.75, 3.05) is 18.5 Å². The smallest absolute Gasteiger partial charge is 0.326 e. The van der Waals surface area contributed by atoms with Gasteiger partial charge in [-0.2, -0.15) is 0 Å². The number of likely N-dealkylation sites (N-methyl/N-ethyl adjacent to an activating group) is 1. The molecular weight excluding hydrogens is 358 g/mol. The average molecular weight is 376 g/mol. The standard InChI is InChI=1S/C19H18F2N2O4/c1-12(19(26)23(2)14-6-4-3-5-7-14)27-17(24)11-22-18(25)15-9-8-13(20)10-16(15)21/h3-10,12H,11H2,1-2H3,(H,22,25). The summed E-state index contributed by atoms with van der Waals surface area (Å²) >= 11 is 0. The van der Waals surface area contributed by atoms with E-state index in [-0.39, 0.29) is 0 Å². The maximum Gasteiger partial charge on any atom is 0.326 e. The Hall–Kier alpha value is -3.29. The minimum Gasteiger partial charge on any atom is -0.451 e. The number of carbonyl (C=O) groups excluding carboxylic acids is 3. The Kier molecular flexibility index (Phi) is 6.59. The van der Waals surface area contributed by atoms with Gasteiger partial charge in [-0.3, -0.25) is 14.4 Å². The summed E-state index contributed by atoms with van der Waals surface area (Å²) in [4.78, 5) is 37.3. The van der Waals surface area contributed by atoms with Crippen LogP contribution in [0.4, 0.5) is 14.5 Å². The molecule has 8 heteroatoms. The minimum atomic E-state index is -1.08. The monoisotopic (exact) mass is 376 g/mol. The van der Waals surface area contributed by atoms with Gasteiger partial charge in [0.2, 0.25) is 0 Å². The molecule has 0 aliphatic heterocycles. The van der Waals surface area contributed by atoms with Crippen LogP contribution < -0.4 is 10.2 Å². The lowest BCUT2D eigenvalue weighted by atomic mass is 10.2. The normalized spacial score (nSPS) is 11.4. The van der Waals surface area contributed by atoms with Gasteiger partial charge < -0.3 is 15.0 Å². The molecule has 1 N–H and O–H groups in total. The number of anilines is 1. The lowest BCUT2D eigenvalue weighted by Gasteiger charge is -2.21. The first-order valence-electron chi connectivity index (χ1n) is 8.05. The average Bonchev–Trinajstić information content (AvgIpc) is 2.65. The van der Waals surface area contributed by atoms with Crippen LogP contribution in [0.2, 0.25) is 0 Å². The summed E-state index contributed by atoms with van der Waals surface area (Å²) < 4.78 is 31.4. The summed E-state index contributed by atoms with van der Waals surface area (Å²) in [6.07, 6.45) is -1.08. The third kappa shape index (κ3) is 5.34. The van der Waals surface area contributed by atoms with Crippen LogP contribution in [0.25, 0.3) is 0 Å².